The molecular weight excluding hydrogens is 867 g/mol. The Morgan fingerprint density at radius 3 is 1.57 bits per heavy atom. The Bertz CT molecular complexity index is 1540. The minimum atomic E-state index is -8.65. The van der Waals surface area contributed by atoms with Gasteiger partial charge in [-0.3, -0.25) is 0 Å². The molecule has 0 saturated heterocycles. The number of rotatable bonds is 24. The molecule has 1 aromatic carbocycles. The largest absolute Gasteiger partial charge is 0.494 e. The van der Waals surface area contributed by atoms with Gasteiger partial charge in [-0.1, -0.05) is 78.0 Å². The van der Waals surface area contributed by atoms with Crippen LogP contribution in [0.3, 0.4) is 0 Å². The molecule has 60 heavy (non-hydrogen) atoms. The number of halogens is 17. The Morgan fingerprint density at radius 1 is 0.617 bits per heavy atom. The molecule has 0 radical (unpaired) electrons. The standard InChI is InChI=1S/C39H53F17O3Si/c1-25(13-10-15-26(2)23-59-60(8,9)31(5,6)7)14-11-16-27(3)28(4)58-24-29-17-19-30(20-18-29)57-22-12-21-32(40,41)33(42,43)34(44,45)35(46,47)36(48,49)37(50,51)38(52,53)39(54,55)56/h10-11,13,16-20,25-28H,12,14-15,21-24H2,1-9H3/b13-10+,16-11+/t25-,26+,27+,28+/m0/s1. The normalized spacial score (nSPS) is 17.0. The summed E-state index contributed by atoms with van der Waals surface area (Å²) in [6, 6.07) is 5.40. The van der Waals surface area contributed by atoms with Crippen molar-refractivity contribution >= 4 is 8.32 Å². The van der Waals surface area contributed by atoms with E-state index in [0.717, 1.165) is 12.8 Å². The van der Waals surface area contributed by atoms with E-state index in [0.29, 0.717) is 24.0 Å². The molecule has 0 unspecified atom stereocenters. The zero-order chi connectivity index (χ0) is 47.2. The quantitative estimate of drug-likeness (QED) is 0.0448. The highest BCUT2D eigenvalue weighted by Gasteiger charge is 2.95. The molecule has 0 aromatic heterocycles. The summed E-state index contributed by atoms with van der Waals surface area (Å²) in [4.78, 5) is 0. The molecule has 0 N–H and O–H groups in total. The summed E-state index contributed by atoms with van der Waals surface area (Å²) in [5.41, 5.74) is 0.581. The van der Waals surface area contributed by atoms with E-state index in [-0.39, 0.29) is 29.4 Å². The SMILES string of the molecule is C[C@H](C/C=C/[C@H](C)C/C=C/[C@@H](C)[C@@H](C)OCc1ccc(OCCCC(F)(F)C(F)(F)C(F)(F)C(F)(F)C(F)(F)C(F)(F)C(F)(F)C(F)(F)F)cc1)CO[Si](C)(C)C(C)(C)C. The van der Waals surface area contributed by atoms with Crippen molar-refractivity contribution in [2.45, 2.75) is 153 Å². The van der Waals surface area contributed by atoms with Crippen molar-refractivity contribution in [1.29, 1.82) is 0 Å². The van der Waals surface area contributed by atoms with Crippen LogP contribution in [0.5, 0.6) is 5.75 Å². The molecule has 0 aliphatic carbocycles. The summed E-state index contributed by atoms with van der Waals surface area (Å²) in [6.45, 7) is 18.9. The fourth-order valence-electron chi connectivity index (χ4n) is 4.82. The van der Waals surface area contributed by atoms with Gasteiger partial charge in [-0.25, -0.2) is 0 Å². The van der Waals surface area contributed by atoms with Crippen LogP contribution in [0.4, 0.5) is 74.6 Å². The second-order valence-corrected chi connectivity index (χ2v) is 21.4. The molecule has 1 aromatic rings. The van der Waals surface area contributed by atoms with Crippen molar-refractivity contribution in [3.05, 3.63) is 54.1 Å². The minimum absolute atomic E-state index is 0.00421. The lowest BCUT2D eigenvalue weighted by atomic mass is 9.88. The smallest absolute Gasteiger partial charge is 0.460 e. The first-order valence-corrected chi connectivity index (χ1v) is 21.7. The number of allylic oxidation sites excluding steroid dienone is 3. The lowest BCUT2D eigenvalue weighted by Gasteiger charge is -2.42. The first-order valence-electron chi connectivity index (χ1n) is 18.8. The van der Waals surface area contributed by atoms with E-state index in [4.69, 9.17) is 13.9 Å². The van der Waals surface area contributed by atoms with E-state index < -0.39 is 75.4 Å². The Hall–Kier alpha value is -2.55. The summed E-state index contributed by atoms with van der Waals surface area (Å²) in [5.74, 6) is -55.8. The van der Waals surface area contributed by atoms with Crippen LogP contribution in [-0.2, 0) is 15.8 Å². The van der Waals surface area contributed by atoms with Crippen LogP contribution in [0.2, 0.25) is 18.1 Å². The summed E-state index contributed by atoms with van der Waals surface area (Å²) in [7, 11) is -1.81. The molecule has 0 fully saturated rings. The van der Waals surface area contributed by atoms with E-state index >= 15 is 0 Å². The summed E-state index contributed by atoms with van der Waals surface area (Å²) in [5, 5.41) is 0.144. The van der Waals surface area contributed by atoms with Crippen molar-refractivity contribution in [2.24, 2.45) is 17.8 Å². The molecule has 0 amide bonds. The molecule has 4 atom stereocenters. The predicted molar refractivity (Wildman–Crippen MR) is 194 cm³/mol. The molecule has 0 bridgehead atoms. The van der Waals surface area contributed by atoms with Crippen LogP contribution in [0.15, 0.2) is 48.6 Å². The van der Waals surface area contributed by atoms with Crippen LogP contribution in [0.1, 0.15) is 79.7 Å². The topological polar surface area (TPSA) is 27.7 Å². The predicted octanol–water partition coefficient (Wildman–Crippen LogP) is 14.6. The molecule has 0 heterocycles. The lowest BCUT2D eigenvalue weighted by Crippen LogP contribution is -2.74. The van der Waals surface area contributed by atoms with Gasteiger partial charge < -0.3 is 13.9 Å². The molecular formula is C39H53F17O3Si. The number of alkyl halides is 17. The zero-order valence-corrected chi connectivity index (χ0v) is 35.5. The number of hydrogen-bond acceptors (Lipinski definition) is 3. The third-order valence-electron chi connectivity index (χ3n) is 10.4. The van der Waals surface area contributed by atoms with Crippen LogP contribution in [0, 0.1) is 17.8 Å². The van der Waals surface area contributed by atoms with Crippen molar-refractivity contribution in [3.63, 3.8) is 0 Å². The highest BCUT2D eigenvalue weighted by atomic mass is 28.4. The fraction of sp³-hybridized carbons (Fsp3) is 0.744. The summed E-state index contributed by atoms with van der Waals surface area (Å²) in [6.07, 6.45) is -1.89. The van der Waals surface area contributed by atoms with Crippen LogP contribution in [-0.4, -0.2) is 75.3 Å². The number of benzene rings is 1. The minimum Gasteiger partial charge on any atom is -0.494 e. The molecule has 1 rings (SSSR count). The van der Waals surface area contributed by atoms with Crippen LogP contribution >= 0.6 is 0 Å². The van der Waals surface area contributed by atoms with Crippen LogP contribution in [0.25, 0.3) is 0 Å². The van der Waals surface area contributed by atoms with E-state index in [9.17, 15) is 74.6 Å². The van der Waals surface area contributed by atoms with Crippen molar-refractivity contribution < 1.29 is 88.5 Å². The Morgan fingerprint density at radius 2 is 1.08 bits per heavy atom. The van der Waals surface area contributed by atoms with E-state index in [1.165, 1.54) is 24.3 Å². The van der Waals surface area contributed by atoms with Gasteiger partial charge in [-0.05, 0) is 79.8 Å². The van der Waals surface area contributed by atoms with Gasteiger partial charge in [0, 0.05) is 13.0 Å². The second-order valence-electron chi connectivity index (χ2n) is 16.6. The second kappa shape index (κ2) is 19.9. The van der Waals surface area contributed by atoms with Gasteiger partial charge in [0.05, 0.1) is 19.3 Å². The van der Waals surface area contributed by atoms with Crippen molar-refractivity contribution in [2.75, 3.05) is 13.2 Å². The number of ether oxygens (including phenoxy) is 2. The Kier molecular flexibility index (Phi) is 18.4. The third kappa shape index (κ3) is 12.5. The molecule has 3 nitrogen and oxygen atoms in total. The maximum absolute atomic E-state index is 14.2. The van der Waals surface area contributed by atoms with Gasteiger partial charge in [-0.2, -0.15) is 74.6 Å². The van der Waals surface area contributed by atoms with Gasteiger partial charge in [0.2, 0.25) is 0 Å². The molecule has 350 valence electrons. The van der Waals surface area contributed by atoms with E-state index in [2.05, 4.69) is 65.9 Å². The molecule has 0 spiro atoms. The van der Waals surface area contributed by atoms with Gasteiger partial charge >= 0.3 is 47.6 Å². The van der Waals surface area contributed by atoms with Gasteiger partial charge in [0.1, 0.15) is 5.75 Å². The monoisotopic (exact) mass is 920 g/mol. The zero-order valence-electron chi connectivity index (χ0n) is 34.5. The average molecular weight is 921 g/mol. The van der Waals surface area contributed by atoms with Crippen LogP contribution < -0.4 is 4.74 Å². The first-order chi connectivity index (χ1) is 26.7. The molecule has 21 heteroatoms. The Labute approximate surface area is 340 Å². The highest BCUT2D eigenvalue weighted by Crippen LogP contribution is 2.64. The lowest BCUT2D eigenvalue weighted by molar-refractivity contribution is -0.461. The van der Waals surface area contributed by atoms with Crippen molar-refractivity contribution in [1.82, 2.24) is 0 Å². The van der Waals surface area contributed by atoms with E-state index in [1.54, 1.807) is 0 Å². The van der Waals surface area contributed by atoms with Gasteiger partial charge in [-0.15, -0.1) is 0 Å². The highest BCUT2D eigenvalue weighted by molar-refractivity contribution is 6.74. The van der Waals surface area contributed by atoms with E-state index in [1.807, 2.05) is 19.9 Å². The summed E-state index contributed by atoms with van der Waals surface area (Å²) < 4.78 is 246. The first kappa shape index (κ1) is 55.5. The Balaban J connectivity index is 2.70. The van der Waals surface area contributed by atoms with Crippen molar-refractivity contribution in [3.8, 4) is 5.75 Å². The number of hydrogen-bond donors (Lipinski definition) is 0. The summed E-state index contributed by atoms with van der Waals surface area (Å²) >= 11 is 0. The fourth-order valence-corrected chi connectivity index (χ4v) is 5.95. The molecule has 0 aliphatic rings. The molecule has 0 saturated carbocycles. The maximum atomic E-state index is 14.2. The average Bonchev–Trinajstić information content (AvgIpc) is 3.10. The van der Waals surface area contributed by atoms with Gasteiger partial charge in [0.25, 0.3) is 0 Å². The van der Waals surface area contributed by atoms with Gasteiger partial charge in [0.15, 0.2) is 8.32 Å². The maximum Gasteiger partial charge on any atom is 0.460 e. The molecule has 0 aliphatic heterocycles. The third-order valence-corrected chi connectivity index (χ3v) is 14.9.